The Bertz CT molecular complexity index is 1670. The van der Waals surface area contributed by atoms with E-state index in [0.29, 0.717) is 5.75 Å². The molecule has 0 spiro atoms. The Morgan fingerprint density at radius 2 is 1.78 bits per heavy atom. The van der Waals surface area contributed by atoms with E-state index in [2.05, 4.69) is 0 Å². The van der Waals surface area contributed by atoms with Crippen LogP contribution in [0.4, 0.5) is 18.9 Å². The Morgan fingerprint density at radius 1 is 1.07 bits per heavy atom. The number of carbonyl (C=O) groups excluding carboxylic acids is 1. The summed E-state index contributed by atoms with van der Waals surface area (Å²) < 4.78 is 49.1. The number of amides is 1. The summed E-state index contributed by atoms with van der Waals surface area (Å²) in [5.41, 5.74) is 4.19. The van der Waals surface area contributed by atoms with Crippen LogP contribution in [0, 0.1) is 0 Å². The number of hydrogen-bond donors (Lipinski definition) is 1. The molecule has 7 nitrogen and oxygen atoms in total. The molecule has 3 aliphatic rings. The number of ether oxygens (including phenoxy) is 1. The first-order valence-electron chi connectivity index (χ1n) is 14.4. The third kappa shape index (κ3) is 5.78. The summed E-state index contributed by atoms with van der Waals surface area (Å²) >= 11 is 8.26. The van der Waals surface area contributed by atoms with Crippen LogP contribution >= 0.6 is 23.4 Å². The van der Waals surface area contributed by atoms with Gasteiger partial charge in [-0.1, -0.05) is 72.3 Å². The van der Waals surface area contributed by atoms with Gasteiger partial charge in [-0.15, -0.1) is 11.8 Å². The van der Waals surface area contributed by atoms with Gasteiger partial charge < -0.3 is 19.6 Å². The Hall–Kier alpha value is -3.64. The predicted octanol–water partition coefficient (Wildman–Crippen LogP) is 6.60. The fourth-order valence-corrected chi connectivity index (χ4v) is 7.18. The zero-order valence-electron chi connectivity index (χ0n) is 24.8. The number of hydrogen-bond acceptors (Lipinski definition) is 7. The molecule has 1 N–H and O–H groups in total. The monoisotopic (exact) mass is 656 g/mol. The largest absolute Gasteiger partial charge is 0.488 e. The summed E-state index contributed by atoms with van der Waals surface area (Å²) in [7, 11) is 3.84. The number of thioether (sulfide) groups is 1. The molecule has 0 aromatic heterocycles. The lowest BCUT2D eigenvalue weighted by Gasteiger charge is -2.51. The second-order valence-corrected chi connectivity index (χ2v) is 12.7. The molecule has 1 amide bonds. The minimum absolute atomic E-state index is 0.0330. The quantitative estimate of drug-likeness (QED) is 0.321. The lowest BCUT2D eigenvalue weighted by Crippen LogP contribution is -2.63. The number of benzene rings is 3. The summed E-state index contributed by atoms with van der Waals surface area (Å²) in [6, 6.07) is 20.1. The lowest BCUT2D eigenvalue weighted by atomic mass is 9.92. The maximum atomic E-state index is 14.4. The van der Waals surface area contributed by atoms with Crippen molar-refractivity contribution in [3.05, 3.63) is 118 Å². The first-order chi connectivity index (χ1) is 21.5. The van der Waals surface area contributed by atoms with Crippen molar-refractivity contribution in [2.24, 2.45) is 0 Å². The van der Waals surface area contributed by atoms with E-state index in [-0.39, 0.29) is 23.1 Å². The molecule has 3 aromatic rings. The first kappa shape index (κ1) is 31.3. The number of rotatable bonds is 6. The van der Waals surface area contributed by atoms with Crippen LogP contribution in [0.2, 0.25) is 0 Å². The minimum Gasteiger partial charge on any atom is -0.488 e. The van der Waals surface area contributed by atoms with Crippen molar-refractivity contribution in [2.75, 3.05) is 25.7 Å². The highest BCUT2D eigenvalue weighted by Crippen LogP contribution is 2.49. The van der Waals surface area contributed by atoms with Crippen LogP contribution in [0.1, 0.15) is 35.2 Å². The Kier molecular flexibility index (Phi) is 8.55. The van der Waals surface area contributed by atoms with E-state index in [9.17, 15) is 23.1 Å². The number of nitrogens with zero attached hydrogens (tertiary/aromatic N) is 4. The number of hydrazine groups is 1. The van der Waals surface area contributed by atoms with Gasteiger partial charge in [0.1, 0.15) is 12.6 Å². The van der Waals surface area contributed by atoms with Crippen molar-refractivity contribution in [3.8, 4) is 0 Å². The molecule has 236 valence electrons. The van der Waals surface area contributed by atoms with Gasteiger partial charge in [0.2, 0.25) is 0 Å². The zero-order valence-corrected chi connectivity index (χ0v) is 26.4. The number of aliphatic hydroxyl groups is 1. The minimum atomic E-state index is -4.71. The predicted molar refractivity (Wildman–Crippen MR) is 168 cm³/mol. The molecule has 0 bridgehead atoms. The summed E-state index contributed by atoms with van der Waals surface area (Å²) in [6.45, 7) is 0.527. The third-order valence-corrected chi connectivity index (χ3v) is 9.70. The van der Waals surface area contributed by atoms with Gasteiger partial charge in [-0.3, -0.25) is 9.80 Å². The van der Waals surface area contributed by atoms with E-state index in [0.717, 1.165) is 44.7 Å². The molecule has 1 saturated heterocycles. The van der Waals surface area contributed by atoms with E-state index >= 15 is 0 Å². The molecule has 1 fully saturated rings. The van der Waals surface area contributed by atoms with Gasteiger partial charge in [-0.25, -0.2) is 0 Å². The average molecular weight is 657 g/mol. The number of alkyl halides is 3. The molecule has 0 saturated carbocycles. The maximum absolute atomic E-state index is 14.4. The fraction of sp³-hybridized carbons (Fsp3) is 0.303. The highest BCUT2D eigenvalue weighted by molar-refractivity contribution is 7.98. The second-order valence-electron chi connectivity index (χ2n) is 11.3. The summed E-state index contributed by atoms with van der Waals surface area (Å²) in [6.07, 6.45) is -4.85. The van der Waals surface area contributed by atoms with Crippen molar-refractivity contribution in [1.82, 2.24) is 14.9 Å². The van der Waals surface area contributed by atoms with Gasteiger partial charge in [-0.05, 0) is 35.7 Å². The van der Waals surface area contributed by atoms with Crippen LogP contribution in [-0.4, -0.2) is 65.0 Å². The Labute approximate surface area is 269 Å². The topological polar surface area (TPSA) is 59.5 Å². The smallest absolute Gasteiger partial charge is 0.408 e. The van der Waals surface area contributed by atoms with Gasteiger partial charge in [0.05, 0.1) is 17.7 Å². The second kappa shape index (κ2) is 12.3. The normalized spacial score (nSPS) is 21.0. The van der Waals surface area contributed by atoms with Crippen molar-refractivity contribution in [3.63, 3.8) is 0 Å². The van der Waals surface area contributed by atoms with Crippen LogP contribution in [0.5, 0.6) is 0 Å². The van der Waals surface area contributed by atoms with E-state index in [1.807, 2.05) is 91.8 Å². The molecule has 0 radical (unpaired) electrons. The van der Waals surface area contributed by atoms with E-state index in [1.165, 1.54) is 11.2 Å². The van der Waals surface area contributed by atoms with Crippen LogP contribution in [0.15, 0.2) is 100 Å². The molecule has 1 unspecified atom stereocenters. The molecule has 0 aliphatic carbocycles. The molecule has 12 heteroatoms. The summed E-state index contributed by atoms with van der Waals surface area (Å²) in [4.78, 5) is 17.8. The summed E-state index contributed by atoms with van der Waals surface area (Å²) in [5, 5.41) is 14.4. The van der Waals surface area contributed by atoms with Crippen molar-refractivity contribution in [2.45, 2.75) is 48.5 Å². The number of fused-ring (bicyclic) bond motifs is 3. The highest BCUT2D eigenvalue weighted by Gasteiger charge is 2.51. The first-order valence-corrected chi connectivity index (χ1v) is 15.7. The van der Waals surface area contributed by atoms with E-state index in [4.69, 9.17) is 16.3 Å². The lowest BCUT2D eigenvalue weighted by molar-refractivity contribution is -0.204. The van der Waals surface area contributed by atoms with E-state index < -0.39 is 36.9 Å². The zero-order chi connectivity index (χ0) is 32.0. The van der Waals surface area contributed by atoms with Crippen LogP contribution in [-0.2, 0) is 21.9 Å². The summed E-state index contributed by atoms with van der Waals surface area (Å²) in [5.74, 6) is -0.488. The molecule has 6 rings (SSSR count). The van der Waals surface area contributed by atoms with Gasteiger partial charge in [0.25, 0.3) is 5.91 Å². The van der Waals surface area contributed by atoms with Crippen LogP contribution < -0.4 is 4.90 Å². The standard InChI is InChI=1S/C33H32ClF3N4O3S/c1-20(33(35,36)37)39-19-41(28-23-13-7-8-15-26(23)45-18-22-12-9-14-25(27(22)28)38(2)3)40-16-24(34)30(42)31(29(40)32(39)43)44-17-21-10-5-4-6-11-21/h4-16,20,28,30,42H,17-19H2,1-3H3/t20-,28-,30?/m1/s1. The Morgan fingerprint density at radius 3 is 2.49 bits per heavy atom. The molecule has 3 aromatic carbocycles. The number of halogens is 4. The molecule has 3 atom stereocenters. The molecule has 45 heavy (non-hydrogen) atoms. The SMILES string of the molecule is C[C@@H](N1CN([C@@H]2c3ccccc3SCc3cccc(N(C)C)c32)N2C=C(Cl)C(O)C(OCc3ccccc3)=C2C1=O)C(F)(F)F. The van der Waals surface area contributed by atoms with E-state index in [1.54, 1.807) is 16.8 Å². The number of anilines is 1. The average Bonchev–Trinajstić information content (AvgIpc) is 3.18. The fourth-order valence-electron chi connectivity index (χ4n) is 5.90. The van der Waals surface area contributed by atoms with Gasteiger partial charge in [0.15, 0.2) is 17.6 Å². The number of aliphatic hydroxyl groups excluding tert-OH is 1. The van der Waals surface area contributed by atoms with Gasteiger partial charge >= 0.3 is 6.18 Å². The van der Waals surface area contributed by atoms with Gasteiger partial charge in [-0.2, -0.15) is 18.2 Å². The molecule has 3 aliphatic heterocycles. The molecular formula is C33H32ClF3N4O3S. The molecular weight excluding hydrogens is 625 g/mol. The Balaban J connectivity index is 1.58. The van der Waals surface area contributed by atoms with Gasteiger partial charge in [0, 0.05) is 42.2 Å². The van der Waals surface area contributed by atoms with Crippen molar-refractivity contribution < 1.29 is 27.8 Å². The van der Waals surface area contributed by atoms with Crippen molar-refractivity contribution in [1.29, 1.82) is 0 Å². The van der Waals surface area contributed by atoms with Crippen LogP contribution in [0.3, 0.4) is 0 Å². The highest BCUT2D eigenvalue weighted by atomic mass is 35.5. The van der Waals surface area contributed by atoms with Crippen molar-refractivity contribution >= 4 is 35.0 Å². The van der Waals surface area contributed by atoms with Crippen LogP contribution in [0.25, 0.3) is 0 Å². The number of carbonyl (C=O) groups is 1. The third-order valence-electron chi connectivity index (χ3n) is 8.26. The molecule has 3 heterocycles. The maximum Gasteiger partial charge on any atom is 0.408 e.